The van der Waals surface area contributed by atoms with E-state index in [1.54, 1.807) is 0 Å². The van der Waals surface area contributed by atoms with E-state index in [0.29, 0.717) is 0 Å². The van der Waals surface area contributed by atoms with Gasteiger partial charge in [-0.2, -0.15) is 4.31 Å². The highest BCUT2D eigenvalue weighted by molar-refractivity contribution is 7.89. The SMILES string of the molecule is COCC(O)CN(C)S(=O)(=O)c1ccc(F)c(N)c1F. The van der Waals surface area contributed by atoms with Crippen molar-refractivity contribution in [3.05, 3.63) is 23.8 Å². The fraction of sp³-hybridized carbons (Fsp3) is 0.455. The molecular formula is C11H16F2N2O4S. The number of methoxy groups -OCH3 is 1. The number of anilines is 1. The van der Waals surface area contributed by atoms with Crippen LogP contribution in [-0.2, 0) is 14.8 Å². The van der Waals surface area contributed by atoms with Crippen molar-refractivity contribution >= 4 is 15.7 Å². The first-order valence-electron chi connectivity index (χ1n) is 5.58. The summed E-state index contributed by atoms with van der Waals surface area (Å²) in [6, 6.07) is 1.56. The minimum absolute atomic E-state index is 0.0755. The zero-order valence-corrected chi connectivity index (χ0v) is 11.8. The van der Waals surface area contributed by atoms with E-state index in [-0.39, 0.29) is 13.2 Å². The minimum Gasteiger partial charge on any atom is -0.394 e. The standard InChI is InChI=1S/C11H16F2N2O4S/c1-15(5-7(16)6-19-2)20(17,18)9-4-3-8(12)11(14)10(9)13/h3-4,7,16H,5-6,14H2,1-2H3. The van der Waals surface area contributed by atoms with Gasteiger partial charge in [-0.1, -0.05) is 0 Å². The van der Waals surface area contributed by atoms with Crippen LogP contribution in [0.15, 0.2) is 17.0 Å². The maximum atomic E-state index is 13.7. The van der Waals surface area contributed by atoms with E-state index in [1.165, 1.54) is 7.11 Å². The van der Waals surface area contributed by atoms with Gasteiger partial charge in [0.15, 0.2) is 5.82 Å². The topological polar surface area (TPSA) is 92.9 Å². The van der Waals surface area contributed by atoms with E-state index in [4.69, 9.17) is 5.73 Å². The normalized spacial score (nSPS) is 13.7. The molecule has 1 unspecified atom stereocenters. The summed E-state index contributed by atoms with van der Waals surface area (Å²) in [6.45, 7) is -0.374. The number of rotatable bonds is 6. The number of benzene rings is 1. The summed E-state index contributed by atoms with van der Waals surface area (Å²) in [5, 5.41) is 9.49. The Morgan fingerprint density at radius 1 is 1.45 bits per heavy atom. The van der Waals surface area contributed by atoms with E-state index < -0.39 is 38.3 Å². The lowest BCUT2D eigenvalue weighted by molar-refractivity contribution is 0.0554. The van der Waals surface area contributed by atoms with Gasteiger partial charge >= 0.3 is 0 Å². The molecule has 0 amide bonds. The number of sulfonamides is 1. The third-order valence-electron chi connectivity index (χ3n) is 2.61. The summed E-state index contributed by atoms with van der Waals surface area (Å²) in [5.41, 5.74) is 4.26. The van der Waals surface area contributed by atoms with Crippen LogP contribution in [0.25, 0.3) is 0 Å². The van der Waals surface area contributed by atoms with Gasteiger partial charge in [0, 0.05) is 20.7 Å². The molecule has 6 nitrogen and oxygen atoms in total. The average Bonchev–Trinajstić information content (AvgIpc) is 2.35. The molecule has 0 fully saturated rings. The number of hydrogen-bond donors (Lipinski definition) is 2. The van der Waals surface area contributed by atoms with Crippen LogP contribution in [0.4, 0.5) is 14.5 Å². The van der Waals surface area contributed by atoms with Gasteiger partial charge in [-0.25, -0.2) is 17.2 Å². The largest absolute Gasteiger partial charge is 0.394 e. The lowest BCUT2D eigenvalue weighted by Crippen LogP contribution is -2.36. The highest BCUT2D eigenvalue weighted by Gasteiger charge is 2.28. The van der Waals surface area contributed by atoms with Crippen molar-refractivity contribution in [2.24, 2.45) is 0 Å². The molecule has 0 saturated carbocycles. The molecule has 3 N–H and O–H groups in total. The van der Waals surface area contributed by atoms with Gasteiger partial charge in [-0.3, -0.25) is 0 Å². The maximum absolute atomic E-state index is 13.7. The lowest BCUT2D eigenvalue weighted by atomic mass is 10.3. The van der Waals surface area contributed by atoms with Crippen molar-refractivity contribution in [1.29, 1.82) is 0 Å². The van der Waals surface area contributed by atoms with Crippen molar-refractivity contribution < 1.29 is 27.0 Å². The quantitative estimate of drug-likeness (QED) is 0.731. The molecule has 1 rings (SSSR count). The number of halogens is 2. The smallest absolute Gasteiger partial charge is 0.245 e. The van der Waals surface area contributed by atoms with Crippen molar-refractivity contribution in [3.8, 4) is 0 Å². The number of hydrogen-bond acceptors (Lipinski definition) is 5. The summed E-state index contributed by atoms with van der Waals surface area (Å²) in [7, 11) is -1.72. The van der Waals surface area contributed by atoms with E-state index in [1.807, 2.05) is 0 Å². The summed E-state index contributed by atoms with van der Waals surface area (Å²) in [4.78, 5) is -0.747. The van der Waals surface area contributed by atoms with Gasteiger partial charge in [-0.15, -0.1) is 0 Å². The molecule has 0 spiro atoms. The second-order valence-electron chi connectivity index (χ2n) is 4.17. The van der Waals surface area contributed by atoms with Gasteiger partial charge in [-0.05, 0) is 12.1 Å². The zero-order valence-electron chi connectivity index (χ0n) is 11.0. The fourth-order valence-electron chi connectivity index (χ4n) is 1.56. The highest BCUT2D eigenvalue weighted by atomic mass is 32.2. The maximum Gasteiger partial charge on any atom is 0.245 e. The molecule has 0 heterocycles. The molecule has 9 heteroatoms. The molecule has 1 aromatic rings. The third kappa shape index (κ3) is 3.42. The molecule has 0 bridgehead atoms. The van der Waals surface area contributed by atoms with Crippen LogP contribution in [0.2, 0.25) is 0 Å². The van der Waals surface area contributed by atoms with Crippen molar-refractivity contribution in [1.82, 2.24) is 4.31 Å². The van der Waals surface area contributed by atoms with Crippen molar-refractivity contribution in [2.75, 3.05) is 33.0 Å². The molecule has 0 aliphatic carbocycles. The van der Waals surface area contributed by atoms with E-state index in [2.05, 4.69) is 4.74 Å². The first kappa shape index (κ1) is 16.8. The predicted molar refractivity (Wildman–Crippen MR) is 68.5 cm³/mol. The average molecular weight is 310 g/mol. The monoisotopic (exact) mass is 310 g/mol. The number of nitrogens with zero attached hydrogens (tertiary/aromatic N) is 1. The number of nitrogen functional groups attached to an aromatic ring is 1. The number of nitrogens with two attached hydrogens (primary N) is 1. The van der Waals surface area contributed by atoms with Crippen LogP contribution in [0.1, 0.15) is 0 Å². The Morgan fingerprint density at radius 2 is 2.05 bits per heavy atom. The molecule has 0 radical (unpaired) electrons. The van der Waals surface area contributed by atoms with Gasteiger partial charge in [0.1, 0.15) is 16.4 Å². The predicted octanol–water partition coefficient (Wildman–Crippen LogP) is 0.175. The van der Waals surface area contributed by atoms with Crippen LogP contribution in [0, 0.1) is 11.6 Å². The summed E-state index contributed by atoms with van der Waals surface area (Å²) >= 11 is 0. The Morgan fingerprint density at radius 3 is 2.60 bits per heavy atom. The van der Waals surface area contributed by atoms with E-state index >= 15 is 0 Å². The van der Waals surface area contributed by atoms with Crippen LogP contribution < -0.4 is 5.73 Å². The summed E-state index contributed by atoms with van der Waals surface area (Å²) in [5.74, 6) is -2.39. The zero-order chi connectivity index (χ0) is 15.5. The number of aliphatic hydroxyl groups is 1. The minimum atomic E-state index is -4.23. The summed E-state index contributed by atoms with van der Waals surface area (Å²) in [6.07, 6.45) is -1.07. The molecule has 20 heavy (non-hydrogen) atoms. The Kier molecular flexibility index (Phi) is 5.40. The van der Waals surface area contributed by atoms with Crippen LogP contribution in [0.3, 0.4) is 0 Å². The van der Waals surface area contributed by atoms with E-state index in [0.717, 1.165) is 23.5 Å². The number of likely N-dealkylation sites (N-methyl/N-ethyl adjacent to an activating group) is 1. The van der Waals surface area contributed by atoms with Crippen LogP contribution in [-0.4, -0.2) is 51.2 Å². The van der Waals surface area contributed by atoms with Gasteiger partial charge in [0.05, 0.1) is 12.7 Å². The molecule has 114 valence electrons. The molecule has 0 aliphatic heterocycles. The first-order valence-corrected chi connectivity index (χ1v) is 7.02. The van der Waals surface area contributed by atoms with Crippen molar-refractivity contribution in [3.63, 3.8) is 0 Å². The highest BCUT2D eigenvalue weighted by Crippen LogP contribution is 2.24. The van der Waals surface area contributed by atoms with Crippen LogP contribution in [0.5, 0.6) is 0 Å². The molecule has 1 aromatic carbocycles. The third-order valence-corrected chi connectivity index (χ3v) is 4.45. The van der Waals surface area contributed by atoms with E-state index in [9.17, 15) is 22.3 Å². The molecule has 0 saturated heterocycles. The second-order valence-corrected chi connectivity index (χ2v) is 6.18. The van der Waals surface area contributed by atoms with Crippen molar-refractivity contribution in [2.45, 2.75) is 11.0 Å². The number of aliphatic hydroxyl groups excluding tert-OH is 1. The van der Waals surface area contributed by atoms with Gasteiger partial charge in [0.2, 0.25) is 10.0 Å². The van der Waals surface area contributed by atoms with Gasteiger partial charge in [0.25, 0.3) is 0 Å². The van der Waals surface area contributed by atoms with Crippen LogP contribution >= 0.6 is 0 Å². The fourth-order valence-corrected chi connectivity index (χ4v) is 2.84. The Labute approximate surface area is 115 Å². The van der Waals surface area contributed by atoms with Gasteiger partial charge < -0.3 is 15.6 Å². The molecular weight excluding hydrogens is 294 g/mol. The Bertz CT molecular complexity index is 580. The second kappa shape index (κ2) is 6.44. The molecule has 0 aromatic heterocycles. The first-order chi connectivity index (χ1) is 9.21. The molecule has 0 aliphatic rings. The molecule has 1 atom stereocenters. The lowest BCUT2D eigenvalue weighted by Gasteiger charge is -2.20. The number of ether oxygens (including phenoxy) is 1. The summed E-state index contributed by atoms with van der Waals surface area (Å²) < 4.78 is 56.4. The Hall–Kier alpha value is -1.29. The Balaban J connectivity index is 3.08.